The van der Waals surface area contributed by atoms with Crippen molar-refractivity contribution in [2.45, 2.75) is 0 Å². The number of benzene rings is 6. The van der Waals surface area contributed by atoms with Crippen LogP contribution in [0, 0.1) is 0 Å². The maximum atomic E-state index is 5.12. The van der Waals surface area contributed by atoms with E-state index >= 15 is 0 Å². The van der Waals surface area contributed by atoms with Gasteiger partial charge in [-0.3, -0.25) is 4.98 Å². The maximum absolute atomic E-state index is 5.12. The van der Waals surface area contributed by atoms with Crippen molar-refractivity contribution >= 4 is 32.7 Å². The number of hydrogen-bond acceptors (Lipinski definition) is 3. The quantitative estimate of drug-likeness (QED) is 0.211. The number of fused-ring (bicyclic) bond motifs is 4. The summed E-state index contributed by atoms with van der Waals surface area (Å²) in [7, 11) is 0. The smallest absolute Gasteiger partial charge is 0.0973 e. The first-order valence-corrected chi connectivity index (χ1v) is 14.1. The Labute approximate surface area is 243 Å². The number of para-hydroxylation sites is 2. The molecule has 0 aliphatic heterocycles. The summed E-state index contributed by atoms with van der Waals surface area (Å²) in [5, 5.41) is 3.51. The lowest BCUT2D eigenvalue weighted by Crippen LogP contribution is -1.95. The van der Waals surface area contributed by atoms with Gasteiger partial charge in [-0.25, -0.2) is 9.97 Å². The van der Waals surface area contributed by atoms with Crippen molar-refractivity contribution in [3.8, 4) is 44.8 Å². The summed E-state index contributed by atoms with van der Waals surface area (Å²) in [5.41, 5.74) is 11.3. The van der Waals surface area contributed by atoms with Gasteiger partial charge in [-0.15, -0.1) is 0 Å². The molecule has 0 amide bonds. The average Bonchev–Trinajstić information content (AvgIpc) is 3.08. The standard InChI is InChI=1S/C39H25N3/c1-2-8-26(9-3-1)27-15-19-30(20-16-27)38-39(42-36-14-5-4-13-35(36)41-38)31-21-17-28(18-22-31)32-11-6-12-34-33(32)24-23-29-10-7-25-40-37(29)34/h1-25H. The van der Waals surface area contributed by atoms with E-state index in [1.807, 2.05) is 42.6 Å². The highest BCUT2D eigenvalue weighted by molar-refractivity contribution is 6.10. The van der Waals surface area contributed by atoms with E-state index < -0.39 is 0 Å². The highest BCUT2D eigenvalue weighted by atomic mass is 14.8. The molecule has 0 fully saturated rings. The minimum atomic E-state index is 0.876. The van der Waals surface area contributed by atoms with Crippen LogP contribution in [0.25, 0.3) is 77.5 Å². The lowest BCUT2D eigenvalue weighted by Gasteiger charge is -2.13. The van der Waals surface area contributed by atoms with E-state index in [-0.39, 0.29) is 0 Å². The van der Waals surface area contributed by atoms with E-state index in [0.29, 0.717) is 0 Å². The highest BCUT2D eigenvalue weighted by Gasteiger charge is 2.15. The van der Waals surface area contributed by atoms with E-state index in [1.165, 1.54) is 22.1 Å². The zero-order chi connectivity index (χ0) is 27.9. The molecule has 6 aromatic carbocycles. The Balaban J connectivity index is 1.23. The van der Waals surface area contributed by atoms with Crippen LogP contribution in [0.5, 0.6) is 0 Å². The first kappa shape index (κ1) is 24.2. The number of hydrogen-bond donors (Lipinski definition) is 0. The van der Waals surface area contributed by atoms with Gasteiger partial charge in [0.2, 0.25) is 0 Å². The summed E-state index contributed by atoms with van der Waals surface area (Å²) in [6.45, 7) is 0. The second-order valence-electron chi connectivity index (χ2n) is 10.5. The normalized spacial score (nSPS) is 11.3. The molecule has 0 saturated carbocycles. The van der Waals surface area contributed by atoms with Gasteiger partial charge in [0.15, 0.2) is 0 Å². The molecule has 0 bridgehead atoms. The lowest BCUT2D eigenvalue weighted by molar-refractivity contribution is 1.29. The second kappa shape index (κ2) is 10.1. The molecule has 42 heavy (non-hydrogen) atoms. The third-order valence-corrected chi connectivity index (χ3v) is 7.94. The van der Waals surface area contributed by atoms with E-state index in [2.05, 4.69) is 114 Å². The fourth-order valence-corrected chi connectivity index (χ4v) is 5.81. The van der Waals surface area contributed by atoms with Crippen molar-refractivity contribution in [1.29, 1.82) is 0 Å². The van der Waals surface area contributed by atoms with E-state index in [0.717, 1.165) is 55.4 Å². The van der Waals surface area contributed by atoms with Crippen LogP contribution in [0.4, 0.5) is 0 Å². The molecule has 0 unspecified atom stereocenters. The van der Waals surface area contributed by atoms with Crippen molar-refractivity contribution < 1.29 is 0 Å². The minimum absolute atomic E-state index is 0.876. The number of rotatable bonds is 4. The molecular formula is C39H25N3. The molecule has 0 spiro atoms. The molecule has 8 rings (SSSR count). The predicted molar refractivity (Wildman–Crippen MR) is 174 cm³/mol. The topological polar surface area (TPSA) is 38.7 Å². The molecule has 0 N–H and O–H groups in total. The van der Waals surface area contributed by atoms with Crippen molar-refractivity contribution in [3.05, 3.63) is 152 Å². The molecule has 2 heterocycles. The van der Waals surface area contributed by atoms with Crippen molar-refractivity contribution in [2.24, 2.45) is 0 Å². The second-order valence-corrected chi connectivity index (χ2v) is 10.5. The molecule has 0 radical (unpaired) electrons. The van der Waals surface area contributed by atoms with Gasteiger partial charge in [-0.05, 0) is 45.8 Å². The Morgan fingerprint density at radius 2 is 0.952 bits per heavy atom. The van der Waals surface area contributed by atoms with Gasteiger partial charge in [0.25, 0.3) is 0 Å². The van der Waals surface area contributed by atoms with E-state index in [1.54, 1.807) is 0 Å². The predicted octanol–water partition coefficient (Wildman–Crippen LogP) is 10.00. The Bertz CT molecular complexity index is 2220. The molecule has 0 saturated heterocycles. The summed E-state index contributed by atoms with van der Waals surface area (Å²) in [4.78, 5) is 14.9. The van der Waals surface area contributed by atoms with Gasteiger partial charge >= 0.3 is 0 Å². The Morgan fingerprint density at radius 1 is 0.357 bits per heavy atom. The van der Waals surface area contributed by atoms with Crippen LogP contribution in [-0.2, 0) is 0 Å². The average molecular weight is 536 g/mol. The Kier molecular flexibility index (Phi) is 5.79. The SMILES string of the molecule is c1ccc(-c2ccc(-c3nc4ccccc4nc3-c3ccc(-c4cccc5c4ccc4cccnc45)cc3)cc2)cc1. The summed E-state index contributed by atoms with van der Waals surface area (Å²) in [6, 6.07) is 50.7. The molecule has 0 aliphatic carbocycles. The third-order valence-electron chi connectivity index (χ3n) is 7.94. The fourth-order valence-electron chi connectivity index (χ4n) is 5.81. The summed E-state index contributed by atoms with van der Waals surface area (Å²) in [6.07, 6.45) is 1.86. The lowest BCUT2D eigenvalue weighted by atomic mass is 9.95. The van der Waals surface area contributed by atoms with Gasteiger partial charge in [0.05, 0.1) is 27.9 Å². The number of pyridine rings is 1. The first-order chi connectivity index (χ1) is 20.8. The van der Waals surface area contributed by atoms with Gasteiger partial charge in [-0.1, -0.05) is 127 Å². The summed E-state index contributed by atoms with van der Waals surface area (Å²) in [5.74, 6) is 0. The molecule has 8 aromatic rings. The van der Waals surface area contributed by atoms with Crippen molar-refractivity contribution in [2.75, 3.05) is 0 Å². The minimum Gasteiger partial charge on any atom is -0.256 e. The van der Waals surface area contributed by atoms with Crippen molar-refractivity contribution in [3.63, 3.8) is 0 Å². The molecule has 0 atom stereocenters. The molecule has 3 nitrogen and oxygen atoms in total. The van der Waals surface area contributed by atoms with Crippen LogP contribution in [0.2, 0.25) is 0 Å². The summed E-state index contributed by atoms with van der Waals surface area (Å²) < 4.78 is 0. The maximum Gasteiger partial charge on any atom is 0.0973 e. The number of nitrogens with zero attached hydrogens (tertiary/aromatic N) is 3. The largest absolute Gasteiger partial charge is 0.256 e. The zero-order valence-corrected chi connectivity index (χ0v) is 22.8. The van der Waals surface area contributed by atoms with E-state index in [9.17, 15) is 0 Å². The van der Waals surface area contributed by atoms with Crippen LogP contribution in [0.3, 0.4) is 0 Å². The van der Waals surface area contributed by atoms with Gasteiger partial charge in [0.1, 0.15) is 0 Å². The van der Waals surface area contributed by atoms with Crippen molar-refractivity contribution in [1.82, 2.24) is 15.0 Å². The molecular weight excluding hydrogens is 510 g/mol. The molecule has 3 heteroatoms. The van der Waals surface area contributed by atoms with Crippen LogP contribution in [-0.4, -0.2) is 15.0 Å². The highest BCUT2D eigenvalue weighted by Crippen LogP contribution is 2.36. The Morgan fingerprint density at radius 3 is 1.64 bits per heavy atom. The number of aromatic nitrogens is 3. The van der Waals surface area contributed by atoms with Crippen LogP contribution < -0.4 is 0 Å². The summed E-state index contributed by atoms with van der Waals surface area (Å²) >= 11 is 0. The monoisotopic (exact) mass is 535 g/mol. The Hall–Kier alpha value is -5.67. The van der Waals surface area contributed by atoms with E-state index in [4.69, 9.17) is 9.97 Å². The first-order valence-electron chi connectivity index (χ1n) is 14.1. The molecule has 2 aromatic heterocycles. The third kappa shape index (κ3) is 4.20. The van der Waals surface area contributed by atoms with Gasteiger partial charge in [-0.2, -0.15) is 0 Å². The van der Waals surface area contributed by atoms with Gasteiger partial charge < -0.3 is 0 Å². The molecule has 196 valence electrons. The van der Waals surface area contributed by atoms with Crippen LogP contribution in [0.15, 0.2) is 152 Å². The molecule has 0 aliphatic rings. The fraction of sp³-hybridized carbons (Fsp3) is 0. The van der Waals surface area contributed by atoms with Crippen LogP contribution >= 0.6 is 0 Å². The zero-order valence-electron chi connectivity index (χ0n) is 22.8. The van der Waals surface area contributed by atoms with Gasteiger partial charge in [0, 0.05) is 28.1 Å². The van der Waals surface area contributed by atoms with Crippen LogP contribution in [0.1, 0.15) is 0 Å².